The van der Waals surface area contributed by atoms with E-state index in [0.29, 0.717) is 16.9 Å². The molecule has 3 rings (SSSR count). The number of aromatic hydroxyl groups is 1. The number of fused-ring (bicyclic) bond motifs is 1. The van der Waals surface area contributed by atoms with Crippen molar-refractivity contribution in [3.8, 4) is 22.6 Å². The van der Waals surface area contributed by atoms with Gasteiger partial charge in [0.05, 0.1) is 5.56 Å². The van der Waals surface area contributed by atoms with Crippen LogP contribution in [0.3, 0.4) is 0 Å². The van der Waals surface area contributed by atoms with Gasteiger partial charge in [0.2, 0.25) is 0 Å². The zero-order chi connectivity index (χ0) is 23.3. The summed E-state index contributed by atoms with van der Waals surface area (Å²) in [5, 5.41) is 20.5. The molecular formula is C28H32O4. The van der Waals surface area contributed by atoms with Crippen molar-refractivity contribution < 1.29 is 19.7 Å². The Labute approximate surface area is 190 Å². The number of hydrogen-bond acceptors (Lipinski definition) is 3. The fourth-order valence-electron chi connectivity index (χ4n) is 3.94. The van der Waals surface area contributed by atoms with Crippen LogP contribution in [0.4, 0.5) is 0 Å². The molecule has 2 N–H and O–H groups in total. The topological polar surface area (TPSA) is 66.8 Å². The average molecular weight is 433 g/mol. The number of carboxylic acid groups (broad SMARTS) is 1. The number of benzene rings is 2. The molecule has 4 nitrogen and oxygen atoms in total. The summed E-state index contributed by atoms with van der Waals surface area (Å²) in [4.78, 5) is 11.9. The maximum atomic E-state index is 11.9. The first-order valence-electron chi connectivity index (χ1n) is 11.1. The van der Waals surface area contributed by atoms with E-state index < -0.39 is 11.6 Å². The molecule has 1 atom stereocenters. The second-order valence-corrected chi connectivity index (χ2v) is 8.89. The highest BCUT2D eigenvalue weighted by atomic mass is 16.5. The summed E-state index contributed by atoms with van der Waals surface area (Å²) in [6.07, 6.45) is 12.0. The molecule has 0 fully saturated rings. The summed E-state index contributed by atoms with van der Waals surface area (Å²) >= 11 is 0. The van der Waals surface area contributed by atoms with Gasteiger partial charge < -0.3 is 14.9 Å². The standard InChI is InChI=1S/C28H32O4/c1-19(2)10-8-11-20(3)12-9-16-28(4)17-15-22-24(32-28)18-23(21-13-6-5-7-14-21)25(26(22)29)27(30)31/h5-7,10,12-15,17-18,29H,8-9,11,16H2,1-4H3,(H,30,31)/b20-12+. The number of allylic oxidation sites excluding steroid dienone is 4. The first-order chi connectivity index (χ1) is 15.2. The van der Waals surface area contributed by atoms with Gasteiger partial charge in [0.25, 0.3) is 0 Å². The Morgan fingerprint density at radius 2 is 1.81 bits per heavy atom. The first kappa shape index (κ1) is 23.4. The molecule has 2 aromatic carbocycles. The molecule has 0 aliphatic carbocycles. The van der Waals surface area contributed by atoms with E-state index in [1.54, 1.807) is 12.1 Å². The van der Waals surface area contributed by atoms with Crippen LogP contribution in [0.2, 0.25) is 0 Å². The zero-order valence-corrected chi connectivity index (χ0v) is 19.3. The van der Waals surface area contributed by atoms with Gasteiger partial charge in [0, 0.05) is 5.56 Å². The molecule has 32 heavy (non-hydrogen) atoms. The van der Waals surface area contributed by atoms with Gasteiger partial charge in [-0.15, -0.1) is 0 Å². The highest BCUT2D eigenvalue weighted by Gasteiger charge is 2.31. The first-order valence-corrected chi connectivity index (χ1v) is 11.1. The Hall–Kier alpha value is -3.27. The van der Waals surface area contributed by atoms with Crippen LogP contribution >= 0.6 is 0 Å². The van der Waals surface area contributed by atoms with Crippen LogP contribution in [0.5, 0.6) is 11.5 Å². The molecular weight excluding hydrogens is 400 g/mol. The molecule has 0 amide bonds. The van der Waals surface area contributed by atoms with Crippen LogP contribution < -0.4 is 4.74 Å². The van der Waals surface area contributed by atoms with Crippen molar-refractivity contribution >= 4 is 12.0 Å². The summed E-state index contributed by atoms with van der Waals surface area (Å²) in [6.45, 7) is 8.41. The zero-order valence-electron chi connectivity index (χ0n) is 19.3. The van der Waals surface area contributed by atoms with Crippen LogP contribution in [0.1, 0.15) is 69.3 Å². The van der Waals surface area contributed by atoms with Crippen molar-refractivity contribution in [2.75, 3.05) is 0 Å². The van der Waals surface area contributed by atoms with Crippen LogP contribution in [0.15, 0.2) is 65.8 Å². The molecule has 1 unspecified atom stereocenters. The molecule has 0 aromatic heterocycles. The highest BCUT2D eigenvalue weighted by molar-refractivity contribution is 6.01. The lowest BCUT2D eigenvalue weighted by molar-refractivity contribution is 0.0694. The molecule has 1 aliphatic heterocycles. The Balaban J connectivity index is 1.83. The number of phenols is 1. The van der Waals surface area contributed by atoms with Crippen LogP contribution in [0, 0.1) is 0 Å². The molecule has 2 aromatic rings. The third-order valence-corrected chi connectivity index (χ3v) is 5.77. The second kappa shape index (κ2) is 9.90. The van der Waals surface area contributed by atoms with Gasteiger partial charge >= 0.3 is 5.97 Å². The van der Waals surface area contributed by atoms with E-state index in [1.807, 2.05) is 43.3 Å². The van der Waals surface area contributed by atoms with Crippen molar-refractivity contribution in [3.63, 3.8) is 0 Å². The van der Waals surface area contributed by atoms with Gasteiger partial charge in [-0.1, -0.05) is 53.6 Å². The quantitative estimate of drug-likeness (QED) is 0.427. The number of ether oxygens (including phenoxy) is 1. The molecule has 4 heteroatoms. The van der Waals surface area contributed by atoms with Crippen LogP contribution in [-0.4, -0.2) is 21.8 Å². The van der Waals surface area contributed by atoms with E-state index >= 15 is 0 Å². The van der Waals surface area contributed by atoms with E-state index in [1.165, 1.54) is 11.1 Å². The van der Waals surface area contributed by atoms with E-state index in [0.717, 1.165) is 31.2 Å². The number of carbonyl (C=O) groups is 1. The number of hydrogen-bond donors (Lipinski definition) is 2. The lowest BCUT2D eigenvalue weighted by Gasteiger charge is -2.32. The van der Waals surface area contributed by atoms with Gasteiger partial charge in [-0.25, -0.2) is 4.79 Å². The third-order valence-electron chi connectivity index (χ3n) is 5.77. The predicted octanol–water partition coefficient (Wildman–Crippen LogP) is 7.39. The maximum absolute atomic E-state index is 11.9. The molecule has 1 heterocycles. The van der Waals surface area contributed by atoms with Crippen molar-refractivity contribution in [2.24, 2.45) is 0 Å². The minimum absolute atomic E-state index is 0.110. The van der Waals surface area contributed by atoms with E-state index in [-0.39, 0.29) is 11.3 Å². The highest BCUT2D eigenvalue weighted by Crippen LogP contribution is 2.44. The van der Waals surface area contributed by atoms with Gasteiger partial charge in [0.15, 0.2) is 0 Å². The van der Waals surface area contributed by atoms with E-state index in [2.05, 4.69) is 32.9 Å². The molecule has 0 bridgehead atoms. The second-order valence-electron chi connectivity index (χ2n) is 8.89. The summed E-state index contributed by atoms with van der Waals surface area (Å²) in [5.74, 6) is -0.928. The molecule has 0 radical (unpaired) electrons. The van der Waals surface area contributed by atoms with Crippen molar-refractivity contribution in [1.29, 1.82) is 0 Å². The number of aromatic carboxylic acids is 1. The molecule has 0 saturated carbocycles. The fourth-order valence-corrected chi connectivity index (χ4v) is 3.94. The Bertz CT molecular complexity index is 1070. The van der Waals surface area contributed by atoms with Crippen LogP contribution in [0.25, 0.3) is 17.2 Å². The van der Waals surface area contributed by atoms with E-state index in [4.69, 9.17) is 4.74 Å². The van der Waals surface area contributed by atoms with Crippen molar-refractivity contribution in [1.82, 2.24) is 0 Å². The van der Waals surface area contributed by atoms with Crippen molar-refractivity contribution in [2.45, 2.75) is 59.0 Å². The molecule has 168 valence electrons. The lowest BCUT2D eigenvalue weighted by Crippen LogP contribution is -2.31. The minimum Gasteiger partial charge on any atom is -0.506 e. The monoisotopic (exact) mass is 432 g/mol. The fraction of sp³-hybridized carbons (Fsp3) is 0.321. The molecule has 1 aliphatic rings. The van der Waals surface area contributed by atoms with Gasteiger partial charge in [-0.3, -0.25) is 0 Å². The summed E-state index contributed by atoms with van der Waals surface area (Å²) in [7, 11) is 0. The largest absolute Gasteiger partial charge is 0.506 e. The predicted molar refractivity (Wildman–Crippen MR) is 130 cm³/mol. The smallest absolute Gasteiger partial charge is 0.340 e. The van der Waals surface area contributed by atoms with Gasteiger partial charge in [-0.05, 0) is 77.2 Å². The SMILES string of the molecule is CC(C)=CCC/C(C)=C/CCC1(C)C=Cc2c(cc(-c3ccccc3)c(C(=O)O)c2O)O1. The number of carboxylic acids is 1. The van der Waals surface area contributed by atoms with Gasteiger partial charge in [-0.2, -0.15) is 0 Å². The lowest BCUT2D eigenvalue weighted by atomic mass is 9.90. The Morgan fingerprint density at radius 3 is 2.47 bits per heavy atom. The number of rotatable bonds is 8. The minimum atomic E-state index is -1.17. The van der Waals surface area contributed by atoms with Gasteiger partial charge in [0.1, 0.15) is 22.7 Å². The van der Waals surface area contributed by atoms with Crippen molar-refractivity contribution in [3.05, 3.63) is 76.9 Å². The summed E-state index contributed by atoms with van der Waals surface area (Å²) in [6, 6.07) is 10.9. The normalized spacial score (nSPS) is 17.4. The Kier molecular flexibility index (Phi) is 7.24. The third kappa shape index (κ3) is 5.50. The van der Waals surface area contributed by atoms with Crippen LogP contribution in [-0.2, 0) is 0 Å². The molecule has 0 spiro atoms. The summed E-state index contributed by atoms with van der Waals surface area (Å²) < 4.78 is 6.31. The maximum Gasteiger partial charge on any atom is 0.340 e. The molecule has 0 saturated heterocycles. The summed E-state index contributed by atoms with van der Waals surface area (Å²) in [5.41, 5.74) is 3.64. The van der Waals surface area contributed by atoms with E-state index in [9.17, 15) is 15.0 Å². The average Bonchev–Trinajstić information content (AvgIpc) is 2.73. The Morgan fingerprint density at radius 1 is 1.09 bits per heavy atom.